The highest BCUT2D eigenvalue weighted by Crippen LogP contribution is 2.16. The first kappa shape index (κ1) is 8.74. The van der Waals surface area contributed by atoms with Gasteiger partial charge in [0, 0.05) is 6.20 Å². The Morgan fingerprint density at radius 3 is 2.86 bits per heavy atom. The molecule has 0 aliphatic heterocycles. The van der Waals surface area contributed by atoms with Gasteiger partial charge in [-0.1, -0.05) is 0 Å². The van der Waals surface area contributed by atoms with Crippen molar-refractivity contribution in [2.45, 2.75) is 13.8 Å². The van der Waals surface area contributed by atoms with Crippen LogP contribution in [0.1, 0.15) is 21.9 Å². The Balaban J connectivity index is 2.92. The van der Waals surface area contributed by atoms with Crippen LogP contribution in [-0.2, 0) is 0 Å². The maximum atomic E-state index is 10.9. The normalized spacial score (nSPS) is 10.7. The summed E-state index contributed by atoms with van der Waals surface area (Å²) in [7, 11) is 0. The van der Waals surface area contributed by atoms with Crippen LogP contribution in [0.25, 0.3) is 5.52 Å². The van der Waals surface area contributed by atoms with Crippen LogP contribution < -0.4 is 0 Å². The number of carboxylic acids is 1. The third-order valence-electron chi connectivity index (χ3n) is 2.25. The van der Waals surface area contributed by atoms with Crippen molar-refractivity contribution in [1.29, 1.82) is 0 Å². The average Bonchev–Trinajstić information content (AvgIpc) is 2.43. The molecule has 2 rings (SSSR count). The van der Waals surface area contributed by atoms with E-state index in [1.54, 1.807) is 16.5 Å². The summed E-state index contributed by atoms with van der Waals surface area (Å²) in [5, 5.41) is 8.98. The highest BCUT2D eigenvalue weighted by molar-refractivity contribution is 5.96. The monoisotopic (exact) mass is 190 g/mol. The number of carboxylic acid groups (broad SMARTS) is 1. The molecule has 0 spiro atoms. The number of pyridine rings is 1. The molecule has 72 valence electrons. The van der Waals surface area contributed by atoms with E-state index in [1.165, 1.54) is 0 Å². The number of carbonyl (C=O) groups is 1. The second-order valence-electron chi connectivity index (χ2n) is 3.19. The average molecular weight is 190 g/mol. The quantitative estimate of drug-likeness (QED) is 0.743. The molecule has 0 saturated heterocycles. The molecule has 0 aromatic carbocycles. The molecule has 0 unspecified atom stereocenters. The fraction of sp³-hybridized carbons (Fsp3) is 0.200. The summed E-state index contributed by atoms with van der Waals surface area (Å²) in [5.41, 5.74) is 1.73. The first-order valence-corrected chi connectivity index (χ1v) is 4.29. The second-order valence-corrected chi connectivity index (χ2v) is 3.19. The van der Waals surface area contributed by atoms with E-state index in [0.717, 1.165) is 11.5 Å². The third kappa shape index (κ3) is 1.08. The zero-order valence-electron chi connectivity index (χ0n) is 7.98. The van der Waals surface area contributed by atoms with E-state index >= 15 is 0 Å². The Bertz CT molecular complexity index is 514. The van der Waals surface area contributed by atoms with Crippen molar-refractivity contribution in [2.75, 3.05) is 0 Å². The first-order valence-electron chi connectivity index (χ1n) is 4.29. The van der Waals surface area contributed by atoms with Crippen molar-refractivity contribution >= 4 is 11.5 Å². The van der Waals surface area contributed by atoms with Gasteiger partial charge in [0.05, 0.1) is 16.8 Å². The number of nitrogens with zero attached hydrogens (tertiary/aromatic N) is 2. The molecule has 0 bridgehead atoms. The lowest BCUT2D eigenvalue weighted by Crippen LogP contribution is -2.00. The minimum Gasteiger partial charge on any atom is -0.478 e. The summed E-state index contributed by atoms with van der Waals surface area (Å²) < 4.78 is 1.79. The molecule has 4 heteroatoms. The van der Waals surface area contributed by atoms with Crippen LogP contribution in [0.4, 0.5) is 0 Å². The summed E-state index contributed by atoms with van der Waals surface area (Å²) in [6.07, 6.45) is 1.82. The molecule has 14 heavy (non-hydrogen) atoms. The predicted molar refractivity (Wildman–Crippen MR) is 51.6 cm³/mol. The van der Waals surface area contributed by atoms with Gasteiger partial charge >= 0.3 is 5.97 Å². The summed E-state index contributed by atoms with van der Waals surface area (Å²) in [4.78, 5) is 15.2. The molecule has 0 atom stereocenters. The van der Waals surface area contributed by atoms with E-state index in [2.05, 4.69) is 4.98 Å². The van der Waals surface area contributed by atoms with Crippen molar-refractivity contribution in [3.63, 3.8) is 0 Å². The Hall–Kier alpha value is -1.84. The van der Waals surface area contributed by atoms with Crippen molar-refractivity contribution in [3.8, 4) is 0 Å². The van der Waals surface area contributed by atoms with Gasteiger partial charge in [0.15, 0.2) is 0 Å². The number of hydrogen-bond donors (Lipinski definition) is 1. The molecule has 0 aliphatic rings. The van der Waals surface area contributed by atoms with Crippen LogP contribution in [0, 0.1) is 13.8 Å². The Morgan fingerprint density at radius 1 is 1.50 bits per heavy atom. The molecule has 0 fully saturated rings. The molecule has 4 nitrogen and oxygen atoms in total. The second kappa shape index (κ2) is 2.83. The van der Waals surface area contributed by atoms with Gasteiger partial charge in [0.1, 0.15) is 5.82 Å². The number of aryl methyl sites for hydroxylation is 2. The molecule has 2 heterocycles. The number of imidazole rings is 1. The van der Waals surface area contributed by atoms with Gasteiger partial charge in [-0.3, -0.25) is 0 Å². The lowest BCUT2D eigenvalue weighted by atomic mass is 10.2. The van der Waals surface area contributed by atoms with Crippen LogP contribution in [0.5, 0.6) is 0 Å². The van der Waals surface area contributed by atoms with Crippen LogP contribution in [0.15, 0.2) is 18.3 Å². The predicted octanol–water partition coefficient (Wildman–Crippen LogP) is 1.65. The fourth-order valence-electron chi connectivity index (χ4n) is 1.67. The number of aromatic carboxylic acids is 1. The van der Waals surface area contributed by atoms with E-state index in [4.69, 9.17) is 5.11 Å². The minimum atomic E-state index is -0.918. The van der Waals surface area contributed by atoms with Gasteiger partial charge in [-0.25, -0.2) is 9.78 Å². The van der Waals surface area contributed by atoms with Crippen molar-refractivity contribution < 1.29 is 9.90 Å². The zero-order chi connectivity index (χ0) is 10.3. The van der Waals surface area contributed by atoms with Gasteiger partial charge in [-0.15, -0.1) is 0 Å². The lowest BCUT2D eigenvalue weighted by molar-refractivity contribution is 0.0698. The van der Waals surface area contributed by atoms with E-state index in [0.29, 0.717) is 11.1 Å². The van der Waals surface area contributed by atoms with Crippen molar-refractivity contribution in [1.82, 2.24) is 9.38 Å². The molecule has 0 amide bonds. The van der Waals surface area contributed by atoms with Gasteiger partial charge in [0.2, 0.25) is 0 Å². The highest BCUT2D eigenvalue weighted by atomic mass is 16.4. The largest absolute Gasteiger partial charge is 0.478 e. The molecule has 2 aromatic heterocycles. The molecule has 0 radical (unpaired) electrons. The summed E-state index contributed by atoms with van der Waals surface area (Å²) in [5.74, 6) is -0.112. The first-order chi connectivity index (χ1) is 6.61. The standard InChI is InChI=1S/C10H10N2O2/c1-6-9-8(10(13)14)4-3-5-12(9)7(2)11-6/h3-5H,1-2H3,(H,13,14). The third-order valence-corrected chi connectivity index (χ3v) is 2.25. The zero-order valence-corrected chi connectivity index (χ0v) is 7.98. The van der Waals surface area contributed by atoms with Gasteiger partial charge in [-0.05, 0) is 26.0 Å². The SMILES string of the molecule is Cc1nc(C)n2cccc(C(=O)O)c12. The molecule has 1 N–H and O–H groups in total. The van der Waals surface area contributed by atoms with Crippen LogP contribution in [0.3, 0.4) is 0 Å². The maximum absolute atomic E-state index is 10.9. The van der Waals surface area contributed by atoms with Crippen molar-refractivity contribution in [3.05, 3.63) is 35.4 Å². The van der Waals surface area contributed by atoms with Gasteiger partial charge in [0.25, 0.3) is 0 Å². The van der Waals surface area contributed by atoms with E-state index in [9.17, 15) is 4.79 Å². The van der Waals surface area contributed by atoms with E-state index in [1.807, 2.05) is 20.0 Å². The van der Waals surface area contributed by atoms with Crippen LogP contribution in [-0.4, -0.2) is 20.5 Å². The number of fused-ring (bicyclic) bond motifs is 1. The summed E-state index contributed by atoms with van der Waals surface area (Å²) >= 11 is 0. The Morgan fingerprint density at radius 2 is 2.21 bits per heavy atom. The van der Waals surface area contributed by atoms with E-state index in [-0.39, 0.29) is 0 Å². The number of aromatic nitrogens is 2. The minimum absolute atomic E-state index is 0.297. The molecular weight excluding hydrogens is 180 g/mol. The summed E-state index contributed by atoms with van der Waals surface area (Å²) in [6, 6.07) is 3.30. The Labute approximate surface area is 80.8 Å². The van der Waals surface area contributed by atoms with Crippen molar-refractivity contribution in [2.24, 2.45) is 0 Å². The topological polar surface area (TPSA) is 54.6 Å². The van der Waals surface area contributed by atoms with Gasteiger partial charge < -0.3 is 9.51 Å². The van der Waals surface area contributed by atoms with Gasteiger partial charge in [-0.2, -0.15) is 0 Å². The number of hydrogen-bond acceptors (Lipinski definition) is 2. The molecule has 0 saturated carbocycles. The van der Waals surface area contributed by atoms with Crippen LogP contribution in [0.2, 0.25) is 0 Å². The maximum Gasteiger partial charge on any atom is 0.337 e. The Kier molecular flexibility index (Phi) is 1.77. The summed E-state index contributed by atoms with van der Waals surface area (Å²) in [6.45, 7) is 3.67. The molecule has 0 aliphatic carbocycles. The van der Waals surface area contributed by atoms with Crippen LogP contribution >= 0.6 is 0 Å². The number of rotatable bonds is 1. The fourth-order valence-corrected chi connectivity index (χ4v) is 1.67. The highest BCUT2D eigenvalue weighted by Gasteiger charge is 2.13. The lowest BCUT2D eigenvalue weighted by Gasteiger charge is -2.00. The molecule has 2 aromatic rings. The molecular formula is C10H10N2O2. The van der Waals surface area contributed by atoms with E-state index < -0.39 is 5.97 Å². The smallest absolute Gasteiger partial charge is 0.337 e.